The number of benzene rings is 2. The molecule has 1 N–H and O–H groups in total. The summed E-state index contributed by atoms with van der Waals surface area (Å²) in [6, 6.07) is 12.9. The molecule has 0 atom stereocenters. The molecule has 1 amide bonds. The Balaban J connectivity index is 2.11. The monoisotopic (exact) mass is 329 g/mol. The largest absolute Gasteiger partial charge is 0.496 e. The molecule has 0 saturated heterocycles. The third kappa shape index (κ3) is 4.41. The van der Waals surface area contributed by atoms with Crippen LogP contribution in [0, 0.1) is 0 Å². The van der Waals surface area contributed by atoms with E-state index in [4.69, 9.17) is 14.2 Å². The number of ether oxygens (including phenoxy) is 3. The highest BCUT2D eigenvalue weighted by atomic mass is 16.5. The molecule has 0 aliphatic heterocycles. The Morgan fingerprint density at radius 2 is 1.67 bits per heavy atom. The van der Waals surface area contributed by atoms with Crippen LogP contribution >= 0.6 is 0 Å². The molecule has 5 heteroatoms. The number of hydrogen-bond acceptors (Lipinski definition) is 4. The Hall–Kier alpha value is -2.69. The van der Waals surface area contributed by atoms with E-state index in [9.17, 15) is 4.79 Å². The highest BCUT2D eigenvalue weighted by Crippen LogP contribution is 2.28. The van der Waals surface area contributed by atoms with E-state index in [0.29, 0.717) is 23.6 Å². The van der Waals surface area contributed by atoms with Crippen LogP contribution in [-0.4, -0.2) is 26.2 Å². The molecule has 0 aliphatic rings. The first kappa shape index (κ1) is 17.7. The summed E-state index contributed by atoms with van der Waals surface area (Å²) in [4.78, 5) is 12.5. The summed E-state index contributed by atoms with van der Waals surface area (Å²) < 4.78 is 16.2. The predicted molar refractivity (Wildman–Crippen MR) is 92.9 cm³/mol. The molecule has 24 heavy (non-hydrogen) atoms. The molecular formula is C19H23NO4. The van der Waals surface area contributed by atoms with Crippen molar-refractivity contribution >= 4 is 5.91 Å². The van der Waals surface area contributed by atoms with Gasteiger partial charge in [-0.05, 0) is 43.7 Å². The maximum Gasteiger partial charge on any atom is 0.259 e. The minimum atomic E-state index is -0.250. The topological polar surface area (TPSA) is 56.8 Å². The van der Waals surface area contributed by atoms with E-state index in [0.717, 1.165) is 11.3 Å². The smallest absolute Gasteiger partial charge is 0.259 e. The number of carbonyl (C=O) groups excluding carboxylic acids is 1. The minimum Gasteiger partial charge on any atom is -0.496 e. The average Bonchev–Trinajstić information content (AvgIpc) is 2.58. The van der Waals surface area contributed by atoms with E-state index in [2.05, 4.69) is 5.32 Å². The lowest BCUT2D eigenvalue weighted by Crippen LogP contribution is -2.24. The summed E-state index contributed by atoms with van der Waals surface area (Å²) in [7, 11) is 3.05. The number of hydrogen-bond donors (Lipinski definition) is 1. The van der Waals surface area contributed by atoms with Gasteiger partial charge in [-0.15, -0.1) is 0 Å². The van der Waals surface area contributed by atoms with Crippen LogP contribution in [0.3, 0.4) is 0 Å². The Morgan fingerprint density at radius 1 is 1.04 bits per heavy atom. The lowest BCUT2D eigenvalue weighted by atomic mass is 10.1. The zero-order chi connectivity index (χ0) is 17.5. The van der Waals surface area contributed by atoms with Crippen molar-refractivity contribution in [2.45, 2.75) is 26.5 Å². The Morgan fingerprint density at radius 3 is 2.25 bits per heavy atom. The molecule has 2 aromatic carbocycles. The maximum atomic E-state index is 12.5. The Labute approximate surface area is 142 Å². The van der Waals surface area contributed by atoms with Crippen molar-refractivity contribution in [2.75, 3.05) is 14.2 Å². The maximum absolute atomic E-state index is 12.5. The standard InChI is InChI=1S/C19H23NO4/c1-13(2)24-15-8-5-7-14(11-15)12-20-19(21)18-16(22-3)9-6-10-17(18)23-4/h5-11,13H,12H2,1-4H3,(H,20,21). The minimum absolute atomic E-state index is 0.104. The fraction of sp³-hybridized carbons (Fsp3) is 0.316. The van der Waals surface area contributed by atoms with Crippen LogP contribution in [0.1, 0.15) is 29.8 Å². The van der Waals surface area contributed by atoms with E-state index in [1.54, 1.807) is 18.2 Å². The van der Waals surface area contributed by atoms with Gasteiger partial charge >= 0.3 is 0 Å². The van der Waals surface area contributed by atoms with Crippen molar-refractivity contribution in [3.63, 3.8) is 0 Å². The second-order valence-corrected chi connectivity index (χ2v) is 5.53. The van der Waals surface area contributed by atoms with Crippen LogP contribution < -0.4 is 19.5 Å². The molecule has 0 aliphatic carbocycles. The van der Waals surface area contributed by atoms with Crippen molar-refractivity contribution in [2.24, 2.45) is 0 Å². The molecule has 0 saturated carbocycles. The van der Waals surface area contributed by atoms with Gasteiger partial charge in [-0.25, -0.2) is 0 Å². The van der Waals surface area contributed by atoms with Gasteiger partial charge in [-0.2, -0.15) is 0 Å². The summed E-state index contributed by atoms with van der Waals surface area (Å²) in [5.41, 5.74) is 1.34. The van der Waals surface area contributed by atoms with Crippen LogP contribution in [0.4, 0.5) is 0 Å². The van der Waals surface area contributed by atoms with Crippen molar-refractivity contribution in [1.29, 1.82) is 0 Å². The van der Waals surface area contributed by atoms with Crippen molar-refractivity contribution < 1.29 is 19.0 Å². The lowest BCUT2D eigenvalue weighted by molar-refractivity contribution is 0.0944. The van der Waals surface area contributed by atoms with E-state index < -0.39 is 0 Å². The van der Waals surface area contributed by atoms with Gasteiger partial charge in [-0.3, -0.25) is 4.79 Å². The quantitative estimate of drug-likeness (QED) is 0.845. The van der Waals surface area contributed by atoms with Gasteiger partial charge in [0.25, 0.3) is 5.91 Å². The first-order valence-corrected chi connectivity index (χ1v) is 7.80. The van der Waals surface area contributed by atoms with Gasteiger partial charge in [0.2, 0.25) is 0 Å². The average molecular weight is 329 g/mol. The molecule has 0 fully saturated rings. The summed E-state index contributed by atoms with van der Waals surface area (Å²) in [6.45, 7) is 4.33. The van der Waals surface area contributed by atoms with Crippen LogP contribution in [0.5, 0.6) is 17.2 Å². The van der Waals surface area contributed by atoms with Crippen LogP contribution in [-0.2, 0) is 6.54 Å². The van der Waals surface area contributed by atoms with Gasteiger partial charge in [0.15, 0.2) is 0 Å². The summed E-state index contributed by atoms with van der Waals surface area (Å²) in [5.74, 6) is 1.48. The second kappa shape index (κ2) is 8.24. The molecular weight excluding hydrogens is 306 g/mol. The molecule has 0 aromatic heterocycles. The van der Waals surface area contributed by atoms with Gasteiger partial charge in [0, 0.05) is 6.54 Å². The van der Waals surface area contributed by atoms with Crippen molar-refractivity contribution in [3.05, 3.63) is 53.6 Å². The molecule has 0 heterocycles. The number of methoxy groups -OCH3 is 2. The highest BCUT2D eigenvalue weighted by Gasteiger charge is 2.17. The zero-order valence-corrected chi connectivity index (χ0v) is 14.5. The predicted octanol–water partition coefficient (Wildman–Crippen LogP) is 3.42. The van der Waals surface area contributed by atoms with E-state index in [1.165, 1.54) is 14.2 Å². The molecule has 2 aromatic rings. The van der Waals surface area contributed by atoms with Gasteiger partial charge < -0.3 is 19.5 Å². The fourth-order valence-corrected chi connectivity index (χ4v) is 2.35. The second-order valence-electron chi connectivity index (χ2n) is 5.53. The molecule has 128 valence electrons. The van der Waals surface area contributed by atoms with Gasteiger partial charge in [0.1, 0.15) is 22.8 Å². The lowest BCUT2D eigenvalue weighted by Gasteiger charge is -2.14. The molecule has 0 unspecified atom stereocenters. The van der Waals surface area contributed by atoms with E-state index in [-0.39, 0.29) is 12.0 Å². The van der Waals surface area contributed by atoms with E-state index in [1.807, 2.05) is 38.1 Å². The molecule has 0 spiro atoms. The summed E-state index contributed by atoms with van der Waals surface area (Å²) >= 11 is 0. The van der Waals surface area contributed by atoms with Gasteiger partial charge in [-0.1, -0.05) is 18.2 Å². The highest BCUT2D eigenvalue weighted by molar-refractivity contribution is 5.99. The molecule has 0 radical (unpaired) electrons. The Bertz CT molecular complexity index is 675. The van der Waals surface area contributed by atoms with Crippen LogP contribution in [0.2, 0.25) is 0 Å². The fourth-order valence-electron chi connectivity index (χ4n) is 2.35. The van der Waals surface area contributed by atoms with Crippen LogP contribution in [0.15, 0.2) is 42.5 Å². The van der Waals surface area contributed by atoms with Crippen LogP contribution in [0.25, 0.3) is 0 Å². The number of carbonyl (C=O) groups is 1. The number of nitrogens with one attached hydrogen (secondary N) is 1. The summed E-state index contributed by atoms with van der Waals surface area (Å²) in [6.07, 6.45) is 0.104. The van der Waals surface area contributed by atoms with Crippen molar-refractivity contribution in [1.82, 2.24) is 5.32 Å². The molecule has 5 nitrogen and oxygen atoms in total. The van der Waals surface area contributed by atoms with Crippen molar-refractivity contribution in [3.8, 4) is 17.2 Å². The molecule has 0 bridgehead atoms. The molecule has 2 rings (SSSR count). The third-order valence-electron chi connectivity index (χ3n) is 3.38. The normalized spacial score (nSPS) is 10.4. The van der Waals surface area contributed by atoms with Gasteiger partial charge in [0.05, 0.1) is 20.3 Å². The Kier molecular flexibility index (Phi) is 6.07. The number of amides is 1. The third-order valence-corrected chi connectivity index (χ3v) is 3.38. The first-order valence-electron chi connectivity index (χ1n) is 7.80. The first-order chi connectivity index (χ1) is 11.5. The SMILES string of the molecule is COc1cccc(OC)c1C(=O)NCc1cccc(OC(C)C)c1. The van der Waals surface area contributed by atoms with E-state index >= 15 is 0 Å². The summed E-state index contributed by atoms with van der Waals surface area (Å²) in [5, 5.41) is 2.89. The zero-order valence-electron chi connectivity index (χ0n) is 14.5. The number of rotatable bonds is 7.